The largest absolute Gasteiger partial charge is 0.341 e. The second kappa shape index (κ2) is 7.10. The number of hydrogen-bond acceptors (Lipinski definition) is 3. The van der Waals surface area contributed by atoms with E-state index in [1.807, 2.05) is 24.4 Å². The van der Waals surface area contributed by atoms with Gasteiger partial charge in [-0.15, -0.1) is 0 Å². The number of likely N-dealkylation sites (tertiary alicyclic amines) is 1. The van der Waals surface area contributed by atoms with Crippen LogP contribution in [0.15, 0.2) is 47.5 Å². The smallest absolute Gasteiger partial charge is 0.138 e. The second-order valence-corrected chi connectivity index (χ2v) is 8.07. The van der Waals surface area contributed by atoms with Crippen LogP contribution in [-0.2, 0) is 17.3 Å². The lowest BCUT2D eigenvalue weighted by molar-refractivity contribution is 0.219. The zero-order valence-corrected chi connectivity index (χ0v) is 15.3. The summed E-state index contributed by atoms with van der Waals surface area (Å²) in [6.07, 6.45) is 7.45. The van der Waals surface area contributed by atoms with Gasteiger partial charge in [0.25, 0.3) is 0 Å². The zero-order valence-electron chi connectivity index (χ0n) is 14.5. The number of aromatic nitrogens is 2. The van der Waals surface area contributed by atoms with Crippen LogP contribution in [0.2, 0.25) is 0 Å². The molecule has 5 heteroatoms. The van der Waals surface area contributed by atoms with Crippen LogP contribution < -0.4 is 0 Å². The van der Waals surface area contributed by atoms with Gasteiger partial charge in [0.2, 0.25) is 0 Å². The summed E-state index contributed by atoms with van der Waals surface area (Å²) in [5.74, 6) is 0. The van der Waals surface area contributed by atoms with Gasteiger partial charge in [0, 0.05) is 51.3 Å². The maximum Gasteiger partial charge on any atom is 0.138 e. The molecule has 25 heavy (non-hydrogen) atoms. The van der Waals surface area contributed by atoms with E-state index in [0.717, 1.165) is 41.1 Å². The summed E-state index contributed by atoms with van der Waals surface area (Å²) >= 11 is 0. The Labute approximate surface area is 150 Å². The summed E-state index contributed by atoms with van der Waals surface area (Å²) in [6.45, 7) is 3.25. The molecule has 130 valence electrons. The normalized spacial score (nSPS) is 17.0. The number of piperidine rings is 1. The SMILES string of the molecule is CS(=O)c1ccc(-c2c(CN3CCCCC3)[nH]c3ncccc23)cc1. The molecule has 4 nitrogen and oxygen atoms in total. The molecule has 3 heterocycles. The summed E-state index contributed by atoms with van der Waals surface area (Å²) in [5, 5.41) is 1.15. The highest BCUT2D eigenvalue weighted by atomic mass is 32.2. The van der Waals surface area contributed by atoms with Gasteiger partial charge in [-0.25, -0.2) is 4.98 Å². The molecule has 4 rings (SSSR count). The van der Waals surface area contributed by atoms with Gasteiger partial charge >= 0.3 is 0 Å². The number of aromatic amines is 1. The van der Waals surface area contributed by atoms with Crippen molar-refractivity contribution in [2.24, 2.45) is 0 Å². The molecule has 1 atom stereocenters. The van der Waals surface area contributed by atoms with Crippen LogP contribution in [0.3, 0.4) is 0 Å². The Morgan fingerprint density at radius 1 is 1.12 bits per heavy atom. The quantitative estimate of drug-likeness (QED) is 0.772. The molecule has 3 aromatic rings. The number of nitrogens with one attached hydrogen (secondary N) is 1. The molecule has 1 N–H and O–H groups in total. The first kappa shape index (κ1) is 16.5. The van der Waals surface area contributed by atoms with Gasteiger partial charge in [-0.1, -0.05) is 18.6 Å². The molecule has 2 aromatic heterocycles. The Morgan fingerprint density at radius 2 is 1.88 bits per heavy atom. The van der Waals surface area contributed by atoms with Crippen molar-refractivity contribution in [3.63, 3.8) is 0 Å². The number of hydrogen-bond donors (Lipinski definition) is 1. The molecule has 0 saturated carbocycles. The van der Waals surface area contributed by atoms with Gasteiger partial charge in [-0.05, 0) is 55.8 Å². The van der Waals surface area contributed by atoms with E-state index in [1.54, 1.807) is 6.26 Å². The Morgan fingerprint density at radius 3 is 2.60 bits per heavy atom. The van der Waals surface area contributed by atoms with Crippen LogP contribution in [0, 0.1) is 0 Å². The fraction of sp³-hybridized carbons (Fsp3) is 0.350. The van der Waals surface area contributed by atoms with Crippen molar-refractivity contribution in [1.29, 1.82) is 0 Å². The minimum absolute atomic E-state index is 0.860. The van der Waals surface area contributed by atoms with Gasteiger partial charge < -0.3 is 4.98 Å². The first-order valence-electron chi connectivity index (χ1n) is 8.84. The first-order valence-corrected chi connectivity index (χ1v) is 10.4. The number of benzene rings is 1. The van der Waals surface area contributed by atoms with Crippen LogP contribution in [-0.4, -0.2) is 38.4 Å². The highest BCUT2D eigenvalue weighted by Gasteiger charge is 2.18. The van der Waals surface area contributed by atoms with Crippen LogP contribution in [0.1, 0.15) is 25.0 Å². The van der Waals surface area contributed by atoms with E-state index >= 15 is 0 Å². The lowest BCUT2D eigenvalue weighted by atomic mass is 10.0. The molecule has 1 aromatic carbocycles. The van der Waals surface area contributed by atoms with Crippen LogP contribution >= 0.6 is 0 Å². The third-order valence-corrected chi connectivity index (χ3v) is 5.89. The molecule has 1 saturated heterocycles. The van der Waals surface area contributed by atoms with Crippen LogP contribution in [0.5, 0.6) is 0 Å². The average molecular weight is 353 g/mol. The summed E-state index contributed by atoms with van der Waals surface area (Å²) < 4.78 is 11.7. The highest BCUT2D eigenvalue weighted by Crippen LogP contribution is 2.33. The monoisotopic (exact) mass is 353 g/mol. The fourth-order valence-electron chi connectivity index (χ4n) is 3.68. The van der Waals surface area contributed by atoms with Gasteiger partial charge in [0.15, 0.2) is 0 Å². The van der Waals surface area contributed by atoms with E-state index in [4.69, 9.17) is 0 Å². The Hall–Kier alpha value is -1.98. The first-order chi connectivity index (χ1) is 12.2. The predicted octanol–water partition coefficient (Wildman–Crippen LogP) is 3.95. The maximum absolute atomic E-state index is 11.7. The lowest BCUT2D eigenvalue weighted by Crippen LogP contribution is -2.29. The third-order valence-electron chi connectivity index (χ3n) is 4.95. The van der Waals surface area contributed by atoms with E-state index in [1.165, 1.54) is 30.5 Å². The molecule has 1 unspecified atom stereocenters. The number of nitrogens with zero attached hydrogens (tertiary/aromatic N) is 2. The second-order valence-electron chi connectivity index (χ2n) is 6.69. The predicted molar refractivity (Wildman–Crippen MR) is 103 cm³/mol. The summed E-state index contributed by atoms with van der Waals surface area (Å²) in [4.78, 5) is 11.4. The summed E-state index contributed by atoms with van der Waals surface area (Å²) in [7, 11) is -0.951. The molecule has 1 aliphatic rings. The van der Waals surface area contributed by atoms with Crippen molar-refractivity contribution in [3.05, 3.63) is 48.3 Å². The topological polar surface area (TPSA) is 49.0 Å². The van der Waals surface area contributed by atoms with Gasteiger partial charge in [0.05, 0.1) is 0 Å². The van der Waals surface area contributed by atoms with Crippen molar-refractivity contribution < 1.29 is 4.21 Å². The van der Waals surface area contributed by atoms with E-state index in [-0.39, 0.29) is 0 Å². The molecular weight excluding hydrogens is 330 g/mol. The lowest BCUT2D eigenvalue weighted by Gasteiger charge is -2.26. The molecule has 1 fully saturated rings. The Bertz CT molecular complexity index is 895. The standard InChI is InChI=1S/C20H23N3OS/c1-25(24)16-9-7-15(8-10-16)19-17-6-5-11-21-20(17)22-18(19)14-23-12-3-2-4-13-23/h5-11H,2-4,12-14H2,1H3,(H,21,22). The number of pyridine rings is 1. The zero-order chi connectivity index (χ0) is 17.2. The average Bonchev–Trinajstić information content (AvgIpc) is 3.00. The van der Waals surface area contributed by atoms with E-state index in [2.05, 4.69) is 33.1 Å². The van der Waals surface area contributed by atoms with Crippen molar-refractivity contribution in [1.82, 2.24) is 14.9 Å². The van der Waals surface area contributed by atoms with Crippen molar-refractivity contribution in [2.75, 3.05) is 19.3 Å². The molecule has 0 bridgehead atoms. The van der Waals surface area contributed by atoms with Gasteiger partial charge in [-0.2, -0.15) is 0 Å². The number of fused-ring (bicyclic) bond motifs is 1. The van der Waals surface area contributed by atoms with Crippen molar-refractivity contribution in [3.8, 4) is 11.1 Å². The highest BCUT2D eigenvalue weighted by molar-refractivity contribution is 7.84. The van der Waals surface area contributed by atoms with Gasteiger partial charge in [-0.3, -0.25) is 9.11 Å². The van der Waals surface area contributed by atoms with Crippen molar-refractivity contribution in [2.45, 2.75) is 30.7 Å². The third kappa shape index (κ3) is 3.39. The van der Waals surface area contributed by atoms with Gasteiger partial charge in [0.1, 0.15) is 5.65 Å². The molecular formula is C20H23N3OS. The summed E-state index contributed by atoms with van der Waals surface area (Å²) in [6, 6.07) is 12.2. The van der Waals surface area contributed by atoms with E-state index in [0.29, 0.717) is 0 Å². The molecule has 0 radical (unpaired) electrons. The summed E-state index contributed by atoms with van der Waals surface area (Å²) in [5.41, 5.74) is 4.54. The van der Waals surface area contributed by atoms with E-state index < -0.39 is 10.8 Å². The maximum atomic E-state index is 11.7. The molecule has 1 aliphatic heterocycles. The number of H-pyrrole nitrogens is 1. The van der Waals surface area contributed by atoms with Crippen LogP contribution in [0.25, 0.3) is 22.2 Å². The molecule has 0 spiro atoms. The van der Waals surface area contributed by atoms with E-state index in [9.17, 15) is 4.21 Å². The Balaban J connectivity index is 1.77. The van der Waals surface area contributed by atoms with Crippen molar-refractivity contribution >= 4 is 21.8 Å². The fourth-order valence-corrected chi connectivity index (χ4v) is 4.20. The molecule has 0 aliphatic carbocycles. The number of rotatable bonds is 4. The minimum atomic E-state index is -0.951. The van der Waals surface area contributed by atoms with Crippen LogP contribution in [0.4, 0.5) is 0 Å². The minimum Gasteiger partial charge on any atom is -0.341 e. The molecule has 0 amide bonds. The Kier molecular flexibility index (Phi) is 4.68.